The molecule has 2 atom stereocenters. The van der Waals surface area contributed by atoms with Crippen LogP contribution in [-0.4, -0.2) is 18.6 Å². The van der Waals surface area contributed by atoms with Gasteiger partial charge in [0.05, 0.1) is 11.6 Å². The number of alkyl halides is 1. The second kappa shape index (κ2) is 3.81. The molecule has 0 saturated heterocycles. The molecule has 1 aromatic rings. The summed E-state index contributed by atoms with van der Waals surface area (Å²) < 4.78 is 5.31. The molecule has 4 heteroatoms. The highest BCUT2D eigenvalue weighted by Gasteiger charge is 2.33. The second-order valence-corrected chi connectivity index (χ2v) is 4.38. The largest absolute Gasteiger partial charge is 0.432 e. The van der Waals surface area contributed by atoms with E-state index in [2.05, 4.69) is 16.8 Å². The molecule has 0 aromatic carbocycles. The van der Waals surface area contributed by atoms with Crippen molar-refractivity contribution in [2.75, 3.05) is 18.5 Å². The van der Waals surface area contributed by atoms with Gasteiger partial charge in [-0.3, -0.25) is 0 Å². The lowest BCUT2D eigenvalue weighted by Gasteiger charge is -2.13. The number of anilines is 1. The molecule has 2 unspecified atom stereocenters. The van der Waals surface area contributed by atoms with Gasteiger partial charge in [0, 0.05) is 13.6 Å². The Morgan fingerprint density at radius 3 is 2.93 bits per heavy atom. The van der Waals surface area contributed by atoms with Gasteiger partial charge in [0.25, 0.3) is 6.01 Å². The van der Waals surface area contributed by atoms with E-state index < -0.39 is 0 Å². The van der Waals surface area contributed by atoms with Crippen LogP contribution in [0.2, 0.25) is 0 Å². The van der Waals surface area contributed by atoms with E-state index >= 15 is 0 Å². The van der Waals surface area contributed by atoms with Gasteiger partial charge in [0.15, 0.2) is 0 Å². The van der Waals surface area contributed by atoms with Crippen molar-refractivity contribution in [3.63, 3.8) is 0 Å². The summed E-state index contributed by atoms with van der Waals surface area (Å²) in [6.45, 7) is 3.31. The van der Waals surface area contributed by atoms with Crippen molar-refractivity contribution >= 4 is 17.6 Å². The molecule has 1 saturated carbocycles. The molecule has 0 radical (unpaired) electrons. The smallest absolute Gasteiger partial charge is 0.297 e. The molecule has 0 bridgehead atoms. The zero-order valence-electron chi connectivity index (χ0n) is 8.53. The first-order valence-electron chi connectivity index (χ1n) is 4.92. The van der Waals surface area contributed by atoms with E-state index in [4.69, 9.17) is 16.0 Å². The summed E-state index contributed by atoms with van der Waals surface area (Å²) in [6, 6.07) is 0.680. The van der Waals surface area contributed by atoms with Crippen molar-refractivity contribution in [3.05, 3.63) is 12.0 Å². The quantitative estimate of drug-likeness (QED) is 0.722. The molecule has 3 nitrogen and oxygen atoms in total. The standard InChI is InChI=1S/C10H15ClN2O/c1-7-3-8(7)5-13(2)10-12-9(4-11)6-14-10/h6-8H,3-5H2,1-2H3. The molecule has 0 aliphatic heterocycles. The Hall–Kier alpha value is -0.700. The average molecular weight is 215 g/mol. The molecule has 1 aliphatic carbocycles. The van der Waals surface area contributed by atoms with E-state index in [-0.39, 0.29) is 0 Å². The molecule has 78 valence electrons. The van der Waals surface area contributed by atoms with Gasteiger partial charge in [-0.2, -0.15) is 4.98 Å². The van der Waals surface area contributed by atoms with Gasteiger partial charge >= 0.3 is 0 Å². The fraction of sp³-hybridized carbons (Fsp3) is 0.700. The van der Waals surface area contributed by atoms with Crippen LogP contribution >= 0.6 is 11.6 Å². The van der Waals surface area contributed by atoms with Crippen molar-refractivity contribution in [3.8, 4) is 0 Å². The summed E-state index contributed by atoms with van der Waals surface area (Å²) in [6.07, 6.45) is 2.95. The van der Waals surface area contributed by atoms with Crippen LogP contribution in [0, 0.1) is 11.8 Å². The minimum atomic E-state index is 0.414. The highest BCUT2D eigenvalue weighted by Crippen LogP contribution is 2.38. The molecule has 1 fully saturated rings. The van der Waals surface area contributed by atoms with Gasteiger partial charge in [0.1, 0.15) is 6.26 Å². The number of rotatable bonds is 4. The third kappa shape index (κ3) is 2.03. The molecular weight excluding hydrogens is 200 g/mol. The van der Waals surface area contributed by atoms with Gasteiger partial charge in [-0.15, -0.1) is 11.6 Å². The van der Waals surface area contributed by atoms with E-state index in [0.29, 0.717) is 11.9 Å². The number of halogens is 1. The molecule has 1 aromatic heterocycles. The SMILES string of the molecule is CC1CC1CN(C)c1nc(CCl)co1. The summed E-state index contributed by atoms with van der Waals surface area (Å²) in [5.41, 5.74) is 0.803. The van der Waals surface area contributed by atoms with Crippen LogP contribution < -0.4 is 4.90 Å². The van der Waals surface area contributed by atoms with Gasteiger partial charge in [-0.05, 0) is 18.3 Å². The summed E-state index contributed by atoms with van der Waals surface area (Å²) in [4.78, 5) is 6.32. The van der Waals surface area contributed by atoms with E-state index in [1.165, 1.54) is 6.42 Å². The predicted octanol–water partition coefficient (Wildman–Crippen LogP) is 2.51. The number of hydrogen-bond donors (Lipinski definition) is 0. The van der Waals surface area contributed by atoms with Gasteiger partial charge in [-0.25, -0.2) is 0 Å². The highest BCUT2D eigenvalue weighted by molar-refractivity contribution is 6.16. The minimum Gasteiger partial charge on any atom is -0.432 e. The van der Waals surface area contributed by atoms with Gasteiger partial charge in [0.2, 0.25) is 0 Å². The van der Waals surface area contributed by atoms with Crippen LogP contribution in [0.25, 0.3) is 0 Å². The Labute approximate surface area is 89.1 Å². The summed E-state index contributed by atoms with van der Waals surface area (Å²) in [5.74, 6) is 2.09. The lowest BCUT2D eigenvalue weighted by molar-refractivity contribution is 0.536. The first-order chi connectivity index (χ1) is 6.70. The van der Waals surface area contributed by atoms with Crippen molar-refractivity contribution in [2.24, 2.45) is 11.8 Å². The maximum atomic E-state index is 5.65. The van der Waals surface area contributed by atoms with Crippen LogP contribution in [0.15, 0.2) is 10.7 Å². The lowest BCUT2D eigenvalue weighted by atomic mass is 10.3. The topological polar surface area (TPSA) is 29.3 Å². The van der Waals surface area contributed by atoms with Crippen molar-refractivity contribution in [1.29, 1.82) is 0 Å². The molecular formula is C10H15ClN2O. The van der Waals surface area contributed by atoms with Crippen LogP contribution in [0.4, 0.5) is 6.01 Å². The first kappa shape index (κ1) is 9.84. The predicted molar refractivity (Wildman–Crippen MR) is 56.6 cm³/mol. The van der Waals surface area contributed by atoms with Crippen LogP contribution in [-0.2, 0) is 5.88 Å². The third-order valence-corrected chi connectivity index (χ3v) is 3.06. The van der Waals surface area contributed by atoms with Crippen LogP contribution in [0.1, 0.15) is 19.0 Å². The van der Waals surface area contributed by atoms with Crippen molar-refractivity contribution < 1.29 is 4.42 Å². The monoisotopic (exact) mass is 214 g/mol. The summed E-state index contributed by atoms with van der Waals surface area (Å²) >= 11 is 5.65. The normalized spacial score (nSPS) is 25.1. The summed E-state index contributed by atoms with van der Waals surface area (Å²) in [7, 11) is 2.01. The molecule has 0 N–H and O–H groups in total. The molecule has 1 heterocycles. The number of aromatic nitrogens is 1. The van der Waals surface area contributed by atoms with E-state index in [1.807, 2.05) is 7.05 Å². The summed E-state index contributed by atoms with van der Waals surface area (Å²) in [5, 5.41) is 0. The second-order valence-electron chi connectivity index (χ2n) is 4.11. The number of hydrogen-bond acceptors (Lipinski definition) is 3. The molecule has 1 aliphatic rings. The lowest BCUT2D eigenvalue weighted by Crippen LogP contribution is -2.20. The van der Waals surface area contributed by atoms with Crippen molar-refractivity contribution in [1.82, 2.24) is 4.98 Å². The molecule has 14 heavy (non-hydrogen) atoms. The maximum Gasteiger partial charge on any atom is 0.297 e. The molecule has 2 rings (SSSR count). The Kier molecular flexibility index (Phi) is 2.68. The Bertz CT molecular complexity index is 313. The fourth-order valence-electron chi connectivity index (χ4n) is 1.62. The fourth-order valence-corrected chi connectivity index (χ4v) is 1.74. The van der Waals surface area contributed by atoms with E-state index in [0.717, 1.165) is 24.1 Å². The Balaban J connectivity index is 1.93. The zero-order valence-corrected chi connectivity index (χ0v) is 9.29. The third-order valence-electron chi connectivity index (χ3n) is 2.79. The number of oxazole rings is 1. The zero-order chi connectivity index (χ0) is 10.1. The number of nitrogens with zero attached hydrogens (tertiary/aromatic N) is 2. The van der Waals surface area contributed by atoms with E-state index in [1.54, 1.807) is 6.26 Å². The minimum absolute atomic E-state index is 0.414. The average Bonchev–Trinajstić information content (AvgIpc) is 2.72. The Morgan fingerprint density at radius 2 is 2.43 bits per heavy atom. The molecule has 0 amide bonds. The maximum absolute atomic E-state index is 5.65. The first-order valence-corrected chi connectivity index (χ1v) is 5.45. The molecule has 0 spiro atoms. The van der Waals surface area contributed by atoms with E-state index in [9.17, 15) is 0 Å². The van der Waals surface area contributed by atoms with Gasteiger partial charge < -0.3 is 9.32 Å². The van der Waals surface area contributed by atoms with Crippen LogP contribution in [0.3, 0.4) is 0 Å². The highest BCUT2D eigenvalue weighted by atomic mass is 35.5. The van der Waals surface area contributed by atoms with Crippen LogP contribution in [0.5, 0.6) is 0 Å². The Morgan fingerprint density at radius 1 is 1.71 bits per heavy atom. The van der Waals surface area contributed by atoms with Gasteiger partial charge in [-0.1, -0.05) is 6.92 Å². The van der Waals surface area contributed by atoms with Crippen molar-refractivity contribution in [2.45, 2.75) is 19.2 Å².